The van der Waals surface area contributed by atoms with Gasteiger partial charge in [-0.2, -0.15) is 0 Å². The number of carboxylic acid groups (broad SMARTS) is 1. The summed E-state index contributed by atoms with van der Waals surface area (Å²) in [6.45, 7) is 12.1. The number of rotatable bonds is 6. The van der Waals surface area contributed by atoms with E-state index in [4.69, 9.17) is 0 Å². The predicted molar refractivity (Wildman–Crippen MR) is 189 cm³/mol. The Hall–Kier alpha value is -4.79. The largest absolute Gasteiger partial charge is 0.573 e. The minimum Gasteiger partial charge on any atom is -0.465 e. The number of aromatic amines is 1. The number of amides is 4. The number of alkyl halides is 3. The van der Waals surface area contributed by atoms with Gasteiger partial charge in [0.1, 0.15) is 11.6 Å². The third-order valence-electron chi connectivity index (χ3n) is 10.1. The number of H-pyrrole nitrogens is 1. The van der Waals surface area contributed by atoms with Gasteiger partial charge in [0, 0.05) is 74.6 Å². The lowest BCUT2D eigenvalue weighted by atomic mass is 9.94. The third-order valence-corrected chi connectivity index (χ3v) is 10.1. The monoisotopic (exact) mass is 725 g/mol. The highest BCUT2D eigenvalue weighted by molar-refractivity contribution is 5.90. The van der Waals surface area contributed by atoms with Gasteiger partial charge in [-0.1, -0.05) is 52.0 Å². The van der Waals surface area contributed by atoms with Crippen LogP contribution in [0.15, 0.2) is 48.7 Å². The molecule has 2 aromatic carbocycles. The molecule has 280 valence electrons. The van der Waals surface area contributed by atoms with E-state index in [1.54, 1.807) is 41.4 Å². The Morgan fingerprint density at radius 3 is 2.19 bits per heavy atom. The standard InChI is InChI=1S/C37H46F3N7O5/c1-23-19-30(47(22-23)35(50)51)32-41-21-29(43-32)25-7-5-24(6-8-25)28-10-9-26(20-31(28)52-37(38,39)40)42-34(49)46-13-11-27(12-14-46)44-15-17-45(18-16-44)33(48)36(2,3)4/h5-10,20-21,23,27,30H,11-19,22H2,1-4H3,(H,41,43)(H,42,49)(H,50,51)/t23-,30-/m0/s1. The Labute approximate surface area is 300 Å². The molecule has 1 aromatic heterocycles. The summed E-state index contributed by atoms with van der Waals surface area (Å²) in [5.41, 5.74) is 1.79. The number of nitrogens with one attached hydrogen (secondary N) is 2. The molecule has 3 aromatic rings. The van der Waals surface area contributed by atoms with Crippen LogP contribution in [0.2, 0.25) is 0 Å². The molecule has 3 saturated heterocycles. The number of imidazole rings is 1. The molecule has 0 unspecified atom stereocenters. The molecule has 12 nitrogen and oxygen atoms in total. The Kier molecular flexibility index (Phi) is 10.4. The van der Waals surface area contributed by atoms with Gasteiger partial charge in [0.25, 0.3) is 0 Å². The molecule has 0 bridgehead atoms. The predicted octanol–water partition coefficient (Wildman–Crippen LogP) is 6.89. The maximum absolute atomic E-state index is 13.6. The highest BCUT2D eigenvalue weighted by Crippen LogP contribution is 2.38. The highest BCUT2D eigenvalue weighted by atomic mass is 19.4. The van der Waals surface area contributed by atoms with Crippen LogP contribution in [-0.4, -0.2) is 111 Å². The Bertz CT molecular complexity index is 1760. The topological polar surface area (TPSA) is 134 Å². The van der Waals surface area contributed by atoms with Crippen molar-refractivity contribution in [2.24, 2.45) is 11.3 Å². The van der Waals surface area contributed by atoms with Gasteiger partial charge in [0.2, 0.25) is 5.91 Å². The number of carbonyl (C=O) groups excluding carboxylic acids is 2. The van der Waals surface area contributed by atoms with Crippen LogP contribution in [0.25, 0.3) is 22.4 Å². The summed E-state index contributed by atoms with van der Waals surface area (Å²) in [7, 11) is 0. The van der Waals surface area contributed by atoms with Crippen LogP contribution < -0.4 is 10.1 Å². The number of benzene rings is 2. The van der Waals surface area contributed by atoms with Crippen molar-refractivity contribution < 1.29 is 37.4 Å². The summed E-state index contributed by atoms with van der Waals surface area (Å²) >= 11 is 0. The average molecular weight is 726 g/mol. The van der Waals surface area contributed by atoms with Gasteiger partial charge in [-0.25, -0.2) is 14.6 Å². The normalized spacial score (nSPS) is 20.6. The molecule has 3 aliphatic rings. The fraction of sp³-hybridized carbons (Fsp3) is 0.514. The molecule has 3 fully saturated rings. The van der Waals surface area contributed by atoms with E-state index in [9.17, 15) is 32.7 Å². The molecule has 15 heteroatoms. The number of nitrogens with zero attached hydrogens (tertiary/aromatic N) is 5. The molecule has 0 spiro atoms. The number of aromatic nitrogens is 2. The van der Waals surface area contributed by atoms with E-state index < -0.39 is 29.7 Å². The number of ether oxygens (including phenoxy) is 1. The number of anilines is 1. The van der Waals surface area contributed by atoms with Gasteiger partial charge < -0.3 is 29.9 Å². The summed E-state index contributed by atoms with van der Waals surface area (Å²) in [6.07, 6.45) is -2.17. The summed E-state index contributed by atoms with van der Waals surface area (Å²) in [6, 6.07) is 10.5. The lowest BCUT2D eigenvalue weighted by Gasteiger charge is -2.43. The summed E-state index contributed by atoms with van der Waals surface area (Å²) in [4.78, 5) is 52.5. The van der Waals surface area contributed by atoms with Crippen molar-refractivity contribution >= 4 is 23.7 Å². The van der Waals surface area contributed by atoms with E-state index in [2.05, 4.69) is 24.9 Å². The molecule has 4 heterocycles. The van der Waals surface area contributed by atoms with E-state index in [1.807, 2.05) is 32.6 Å². The second-order valence-corrected chi connectivity index (χ2v) is 15.0. The third kappa shape index (κ3) is 8.46. The molecule has 4 amide bonds. The molecular weight excluding hydrogens is 679 g/mol. The minimum absolute atomic E-state index is 0.152. The number of urea groups is 1. The first-order chi connectivity index (χ1) is 24.6. The molecule has 0 saturated carbocycles. The first kappa shape index (κ1) is 37.0. The lowest BCUT2D eigenvalue weighted by Crippen LogP contribution is -2.56. The Morgan fingerprint density at radius 1 is 0.923 bits per heavy atom. The van der Waals surface area contributed by atoms with Gasteiger partial charge in [-0.05, 0) is 48.4 Å². The van der Waals surface area contributed by atoms with Gasteiger partial charge >= 0.3 is 18.5 Å². The van der Waals surface area contributed by atoms with Crippen LogP contribution in [0.1, 0.15) is 58.8 Å². The van der Waals surface area contributed by atoms with E-state index in [0.29, 0.717) is 62.3 Å². The molecule has 52 heavy (non-hydrogen) atoms. The van der Waals surface area contributed by atoms with Gasteiger partial charge in [0.15, 0.2) is 0 Å². The van der Waals surface area contributed by atoms with Gasteiger partial charge in [-0.15, -0.1) is 13.2 Å². The SMILES string of the molecule is C[C@H]1C[C@@H](c2ncc(-c3ccc(-c4ccc(NC(=O)N5CCC(N6CCN(C(=O)C(C)(C)C)CC6)CC5)cc4OC(F)(F)F)cc3)[nH]2)N(C(=O)O)C1. The van der Waals surface area contributed by atoms with Crippen molar-refractivity contribution in [2.45, 2.75) is 65.4 Å². The molecule has 0 radical (unpaired) electrons. The maximum atomic E-state index is 13.6. The maximum Gasteiger partial charge on any atom is 0.573 e. The van der Waals surface area contributed by atoms with Crippen LogP contribution in [-0.2, 0) is 4.79 Å². The fourth-order valence-corrected chi connectivity index (χ4v) is 7.45. The van der Waals surface area contributed by atoms with Gasteiger partial charge in [-0.3, -0.25) is 14.6 Å². The van der Waals surface area contributed by atoms with Crippen molar-refractivity contribution in [3.8, 4) is 28.1 Å². The number of hydrogen-bond acceptors (Lipinski definition) is 6. The van der Waals surface area contributed by atoms with E-state index in [-0.39, 0.29) is 29.1 Å². The first-order valence-electron chi connectivity index (χ1n) is 17.7. The fourth-order valence-electron chi connectivity index (χ4n) is 7.45. The zero-order valence-corrected chi connectivity index (χ0v) is 29.9. The van der Waals surface area contributed by atoms with Crippen molar-refractivity contribution in [3.63, 3.8) is 0 Å². The second kappa shape index (κ2) is 14.7. The van der Waals surface area contributed by atoms with Crippen molar-refractivity contribution in [2.75, 3.05) is 51.1 Å². The van der Waals surface area contributed by atoms with Gasteiger partial charge in [0.05, 0.1) is 17.9 Å². The van der Waals surface area contributed by atoms with Crippen molar-refractivity contribution in [1.29, 1.82) is 0 Å². The Balaban J connectivity index is 1.08. The van der Waals surface area contributed by atoms with E-state index in [0.717, 1.165) is 31.5 Å². The zero-order valence-electron chi connectivity index (χ0n) is 29.9. The summed E-state index contributed by atoms with van der Waals surface area (Å²) in [5, 5.41) is 12.3. The molecule has 6 rings (SSSR count). The van der Waals surface area contributed by atoms with Crippen molar-refractivity contribution in [1.82, 2.24) is 29.6 Å². The molecule has 0 aliphatic carbocycles. The molecule has 3 N–H and O–H groups in total. The molecule has 2 atom stereocenters. The van der Waals surface area contributed by atoms with Crippen LogP contribution in [0.4, 0.5) is 28.4 Å². The number of piperazine rings is 1. The smallest absolute Gasteiger partial charge is 0.465 e. The minimum atomic E-state index is -4.96. The van der Waals surface area contributed by atoms with E-state index >= 15 is 0 Å². The number of carbonyl (C=O) groups is 3. The average Bonchev–Trinajstić information content (AvgIpc) is 3.74. The lowest BCUT2D eigenvalue weighted by molar-refractivity contribution is -0.274. The number of hydrogen-bond donors (Lipinski definition) is 3. The number of likely N-dealkylation sites (tertiary alicyclic amines) is 2. The quantitative estimate of drug-likeness (QED) is 0.252. The zero-order chi connectivity index (χ0) is 37.4. The number of halogens is 3. The number of piperidine rings is 1. The van der Waals surface area contributed by atoms with Crippen LogP contribution in [0.5, 0.6) is 5.75 Å². The molecule has 3 aliphatic heterocycles. The highest BCUT2D eigenvalue weighted by Gasteiger charge is 2.37. The first-order valence-corrected chi connectivity index (χ1v) is 17.7. The summed E-state index contributed by atoms with van der Waals surface area (Å²) < 4.78 is 45.1. The van der Waals surface area contributed by atoms with Crippen LogP contribution >= 0.6 is 0 Å². The van der Waals surface area contributed by atoms with Crippen molar-refractivity contribution in [3.05, 3.63) is 54.5 Å². The Morgan fingerprint density at radius 2 is 1.58 bits per heavy atom. The van der Waals surface area contributed by atoms with Crippen LogP contribution in [0, 0.1) is 11.3 Å². The molecular formula is C37H46F3N7O5. The van der Waals surface area contributed by atoms with Crippen LogP contribution in [0.3, 0.4) is 0 Å². The second-order valence-electron chi connectivity index (χ2n) is 15.0. The van der Waals surface area contributed by atoms with E-state index in [1.165, 1.54) is 17.0 Å². The summed E-state index contributed by atoms with van der Waals surface area (Å²) in [5.74, 6) is 0.441.